The Morgan fingerprint density at radius 1 is 1.25 bits per heavy atom. The Labute approximate surface area is 165 Å². The predicted octanol–water partition coefficient (Wildman–Crippen LogP) is 4.74. The molecule has 1 atom stereocenters. The van der Waals surface area contributed by atoms with Gasteiger partial charge >= 0.3 is 0 Å². The van der Waals surface area contributed by atoms with Crippen LogP contribution in [0.4, 0.5) is 0 Å². The molecule has 4 rings (SSSR count). The second-order valence-corrected chi connectivity index (χ2v) is 7.94. The van der Waals surface area contributed by atoms with Crippen molar-refractivity contribution in [3.63, 3.8) is 0 Å². The lowest BCUT2D eigenvalue weighted by Crippen LogP contribution is -2.38. The summed E-state index contributed by atoms with van der Waals surface area (Å²) in [5.41, 5.74) is 3.35. The first-order chi connectivity index (χ1) is 13.5. The lowest BCUT2D eigenvalue weighted by atomic mass is 9.86. The van der Waals surface area contributed by atoms with E-state index < -0.39 is 0 Å². The highest BCUT2D eigenvalue weighted by Gasteiger charge is 2.27. The minimum atomic E-state index is 0.127. The van der Waals surface area contributed by atoms with Gasteiger partial charge in [-0.25, -0.2) is 0 Å². The lowest BCUT2D eigenvalue weighted by molar-refractivity contribution is -0.132. The molecule has 0 aliphatic carbocycles. The zero-order chi connectivity index (χ0) is 19.7. The van der Waals surface area contributed by atoms with Crippen LogP contribution in [0.15, 0.2) is 41.2 Å². The molecule has 146 valence electrons. The molecule has 3 heterocycles. The van der Waals surface area contributed by atoms with Gasteiger partial charge in [-0.2, -0.15) is 0 Å². The van der Waals surface area contributed by atoms with Crippen LogP contribution in [0.2, 0.25) is 0 Å². The highest BCUT2D eigenvalue weighted by Crippen LogP contribution is 2.34. The number of pyridine rings is 1. The summed E-state index contributed by atoms with van der Waals surface area (Å²) in [6, 6.07) is 8.56. The number of hydrogen-bond donors (Lipinski definition) is 0. The maximum absolute atomic E-state index is 12.8. The summed E-state index contributed by atoms with van der Waals surface area (Å²) < 4.78 is 5.26. The van der Waals surface area contributed by atoms with E-state index in [0.717, 1.165) is 42.9 Å². The van der Waals surface area contributed by atoms with E-state index in [2.05, 4.69) is 41.3 Å². The minimum Gasteiger partial charge on any atom is -0.361 e. The van der Waals surface area contributed by atoms with Crippen molar-refractivity contribution in [1.82, 2.24) is 15.0 Å². The fraction of sp³-hybridized carbons (Fsp3) is 0.435. The summed E-state index contributed by atoms with van der Waals surface area (Å²) in [5, 5.41) is 6.49. The van der Waals surface area contributed by atoms with Crippen LogP contribution in [-0.4, -0.2) is 34.0 Å². The molecule has 5 nitrogen and oxygen atoms in total. The van der Waals surface area contributed by atoms with Gasteiger partial charge in [-0.1, -0.05) is 30.3 Å². The monoisotopic (exact) mass is 377 g/mol. The fourth-order valence-corrected chi connectivity index (χ4v) is 4.63. The highest BCUT2D eigenvalue weighted by atomic mass is 16.5. The predicted molar refractivity (Wildman–Crippen MR) is 109 cm³/mol. The maximum atomic E-state index is 12.8. The molecule has 28 heavy (non-hydrogen) atoms. The van der Waals surface area contributed by atoms with Gasteiger partial charge in [-0.15, -0.1) is 0 Å². The van der Waals surface area contributed by atoms with E-state index in [9.17, 15) is 4.79 Å². The van der Waals surface area contributed by atoms with Crippen molar-refractivity contribution in [2.45, 2.75) is 51.9 Å². The minimum absolute atomic E-state index is 0.127. The summed E-state index contributed by atoms with van der Waals surface area (Å²) >= 11 is 0. The lowest BCUT2D eigenvalue weighted by Gasteiger charge is -2.33. The van der Waals surface area contributed by atoms with E-state index in [1.807, 2.05) is 31.1 Å². The quantitative estimate of drug-likeness (QED) is 0.659. The third-order valence-electron chi connectivity index (χ3n) is 6.06. The Kier molecular flexibility index (Phi) is 5.16. The Balaban J connectivity index is 1.40. The second kappa shape index (κ2) is 7.74. The molecule has 0 spiro atoms. The normalized spacial score (nSPS) is 16.5. The molecule has 0 radical (unpaired) electrons. The van der Waals surface area contributed by atoms with E-state index in [0.29, 0.717) is 12.3 Å². The molecule has 0 N–H and O–H groups in total. The van der Waals surface area contributed by atoms with E-state index >= 15 is 0 Å². The van der Waals surface area contributed by atoms with E-state index in [1.54, 1.807) is 0 Å². The fourth-order valence-electron chi connectivity index (χ4n) is 4.63. The molecule has 2 aromatic heterocycles. The first kappa shape index (κ1) is 18.7. The smallest absolute Gasteiger partial charge is 0.223 e. The van der Waals surface area contributed by atoms with Gasteiger partial charge in [0.15, 0.2) is 0 Å². The number of aromatic nitrogens is 2. The van der Waals surface area contributed by atoms with Gasteiger partial charge in [-0.05, 0) is 55.5 Å². The second-order valence-electron chi connectivity index (χ2n) is 7.94. The Bertz CT molecular complexity index is 962. The molecule has 0 saturated carbocycles. The molecule has 5 heteroatoms. The van der Waals surface area contributed by atoms with Crippen molar-refractivity contribution in [1.29, 1.82) is 0 Å². The summed E-state index contributed by atoms with van der Waals surface area (Å²) in [5.74, 6) is 1.67. The largest absolute Gasteiger partial charge is 0.361 e. The zero-order valence-corrected chi connectivity index (χ0v) is 16.8. The number of rotatable bonds is 4. The molecule has 3 aromatic rings. The molecule has 1 aliphatic rings. The summed E-state index contributed by atoms with van der Waals surface area (Å²) in [6.07, 6.45) is 6.31. The van der Waals surface area contributed by atoms with E-state index in [1.165, 1.54) is 16.3 Å². The number of nitrogens with zero attached hydrogens (tertiary/aromatic N) is 3. The van der Waals surface area contributed by atoms with Crippen molar-refractivity contribution in [3.05, 3.63) is 59.2 Å². The Hall–Kier alpha value is -2.69. The van der Waals surface area contributed by atoms with Crippen LogP contribution in [0, 0.1) is 13.8 Å². The van der Waals surface area contributed by atoms with Crippen LogP contribution < -0.4 is 0 Å². The molecule has 1 fully saturated rings. The number of benzene rings is 1. The molecular weight excluding hydrogens is 350 g/mol. The SMILES string of the molecule is Cc1noc(C)c1C(C)CC(=O)N1CCC(c2cccc3cnccc23)CC1. The molecule has 1 saturated heterocycles. The van der Waals surface area contributed by atoms with Gasteiger partial charge in [0.05, 0.1) is 5.69 Å². The van der Waals surface area contributed by atoms with Crippen LogP contribution in [-0.2, 0) is 4.79 Å². The maximum Gasteiger partial charge on any atom is 0.223 e. The summed E-state index contributed by atoms with van der Waals surface area (Å²) in [4.78, 5) is 19.1. The van der Waals surface area contributed by atoms with Gasteiger partial charge in [0, 0.05) is 42.9 Å². The van der Waals surface area contributed by atoms with E-state index in [4.69, 9.17) is 4.52 Å². The third-order valence-corrected chi connectivity index (χ3v) is 6.06. The number of hydrogen-bond acceptors (Lipinski definition) is 4. The van der Waals surface area contributed by atoms with Crippen molar-refractivity contribution < 1.29 is 9.32 Å². The van der Waals surface area contributed by atoms with Crippen molar-refractivity contribution in [2.24, 2.45) is 0 Å². The standard InChI is InChI=1S/C23H27N3O2/c1-15(23-16(2)25-28-17(23)3)13-22(27)26-11-8-18(9-12-26)20-6-4-5-19-14-24-10-7-21(19)20/h4-7,10,14-15,18H,8-9,11-13H2,1-3H3. The van der Waals surface area contributed by atoms with Gasteiger partial charge in [0.1, 0.15) is 5.76 Å². The number of piperidine rings is 1. The molecule has 1 aliphatic heterocycles. The van der Waals surface area contributed by atoms with Crippen molar-refractivity contribution >= 4 is 16.7 Å². The van der Waals surface area contributed by atoms with Gasteiger partial charge in [0.25, 0.3) is 0 Å². The highest BCUT2D eigenvalue weighted by molar-refractivity contribution is 5.85. The van der Waals surface area contributed by atoms with Crippen molar-refractivity contribution in [3.8, 4) is 0 Å². The van der Waals surface area contributed by atoms with Crippen LogP contribution in [0.25, 0.3) is 10.8 Å². The number of amides is 1. The first-order valence-corrected chi connectivity index (χ1v) is 10.1. The zero-order valence-electron chi connectivity index (χ0n) is 16.8. The molecule has 1 amide bonds. The topological polar surface area (TPSA) is 59.2 Å². The average molecular weight is 377 g/mol. The van der Waals surface area contributed by atoms with Crippen LogP contribution in [0.1, 0.15) is 60.6 Å². The number of aryl methyl sites for hydroxylation is 2. The first-order valence-electron chi connectivity index (χ1n) is 10.1. The number of carbonyl (C=O) groups is 1. The summed E-state index contributed by atoms with van der Waals surface area (Å²) in [7, 11) is 0. The average Bonchev–Trinajstić information content (AvgIpc) is 3.06. The summed E-state index contributed by atoms with van der Waals surface area (Å²) in [6.45, 7) is 7.58. The van der Waals surface area contributed by atoms with Crippen LogP contribution in [0.3, 0.4) is 0 Å². The van der Waals surface area contributed by atoms with Crippen LogP contribution >= 0.6 is 0 Å². The number of carbonyl (C=O) groups excluding carboxylic acids is 1. The van der Waals surface area contributed by atoms with Gasteiger partial charge in [0.2, 0.25) is 5.91 Å². The molecule has 1 unspecified atom stereocenters. The Morgan fingerprint density at radius 2 is 2.04 bits per heavy atom. The number of likely N-dealkylation sites (tertiary alicyclic amines) is 1. The van der Waals surface area contributed by atoms with Crippen LogP contribution in [0.5, 0.6) is 0 Å². The third kappa shape index (κ3) is 3.53. The molecule has 1 aromatic carbocycles. The molecular formula is C23H27N3O2. The molecule has 0 bridgehead atoms. The Morgan fingerprint density at radius 3 is 2.75 bits per heavy atom. The van der Waals surface area contributed by atoms with Crippen molar-refractivity contribution in [2.75, 3.05) is 13.1 Å². The number of fused-ring (bicyclic) bond motifs is 1. The van der Waals surface area contributed by atoms with Gasteiger partial charge in [-0.3, -0.25) is 9.78 Å². The van der Waals surface area contributed by atoms with E-state index in [-0.39, 0.29) is 11.8 Å². The van der Waals surface area contributed by atoms with Gasteiger partial charge < -0.3 is 9.42 Å².